The van der Waals surface area contributed by atoms with Crippen molar-refractivity contribution in [2.75, 3.05) is 11.9 Å². The summed E-state index contributed by atoms with van der Waals surface area (Å²) in [5, 5.41) is 8.72. The average Bonchev–Trinajstić information content (AvgIpc) is 2.46. The summed E-state index contributed by atoms with van der Waals surface area (Å²) in [7, 11) is 1.76. The number of nitriles is 1. The fourth-order valence-corrected chi connectivity index (χ4v) is 2.06. The van der Waals surface area contributed by atoms with E-state index in [9.17, 15) is 8.78 Å². The van der Waals surface area contributed by atoms with Gasteiger partial charge >= 0.3 is 0 Å². The first kappa shape index (κ1) is 14.0. The predicted molar refractivity (Wildman–Crippen MR) is 74.3 cm³/mol. The van der Waals surface area contributed by atoms with E-state index in [-0.39, 0.29) is 17.4 Å². The van der Waals surface area contributed by atoms with Gasteiger partial charge in [-0.15, -0.1) is 0 Å². The van der Waals surface area contributed by atoms with E-state index in [1.807, 2.05) is 6.92 Å². The van der Waals surface area contributed by atoms with Crippen LogP contribution in [-0.4, -0.2) is 7.05 Å². The number of rotatable bonds is 3. The quantitative estimate of drug-likeness (QED) is 0.843. The first-order valence-electron chi connectivity index (χ1n) is 6.21. The van der Waals surface area contributed by atoms with Crippen LogP contribution in [0.5, 0.6) is 0 Å². The van der Waals surface area contributed by atoms with Crippen molar-refractivity contribution in [2.24, 2.45) is 0 Å². The Bertz CT molecular complexity index is 662. The predicted octanol–water partition coefficient (Wildman–Crippen LogP) is 4.03. The topological polar surface area (TPSA) is 27.0 Å². The molecule has 1 unspecified atom stereocenters. The molecule has 1 atom stereocenters. The number of halogens is 2. The molecular weight excluding hydrogens is 258 g/mol. The first-order valence-corrected chi connectivity index (χ1v) is 6.21. The monoisotopic (exact) mass is 272 g/mol. The van der Waals surface area contributed by atoms with Crippen molar-refractivity contribution in [1.29, 1.82) is 5.26 Å². The average molecular weight is 272 g/mol. The van der Waals surface area contributed by atoms with Crippen LogP contribution in [0, 0.1) is 23.0 Å². The molecule has 0 heterocycles. The van der Waals surface area contributed by atoms with E-state index in [1.54, 1.807) is 42.3 Å². The van der Waals surface area contributed by atoms with Gasteiger partial charge in [-0.1, -0.05) is 18.2 Å². The van der Waals surface area contributed by atoms with Gasteiger partial charge in [0.05, 0.1) is 11.6 Å². The molecule has 0 aliphatic carbocycles. The Morgan fingerprint density at radius 1 is 1.10 bits per heavy atom. The third-order valence-corrected chi connectivity index (χ3v) is 3.42. The minimum Gasteiger partial charge on any atom is -0.368 e. The van der Waals surface area contributed by atoms with E-state index in [2.05, 4.69) is 0 Å². The number of benzene rings is 2. The van der Waals surface area contributed by atoms with E-state index in [1.165, 1.54) is 18.2 Å². The second-order valence-corrected chi connectivity index (χ2v) is 4.58. The van der Waals surface area contributed by atoms with Crippen LogP contribution >= 0.6 is 0 Å². The Balaban J connectivity index is 2.32. The highest BCUT2D eigenvalue weighted by molar-refractivity contribution is 5.51. The Hall–Kier alpha value is -2.41. The van der Waals surface area contributed by atoms with Crippen molar-refractivity contribution >= 4 is 5.69 Å². The summed E-state index contributed by atoms with van der Waals surface area (Å²) in [6, 6.07) is 12.4. The number of hydrogen-bond acceptors (Lipinski definition) is 2. The molecular formula is C16H14F2N2. The molecule has 0 saturated heterocycles. The molecule has 0 N–H and O–H groups in total. The van der Waals surface area contributed by atoms with Crippen LogP contribution in [0.4, 0.5) is 14.5 Å². The van der Waals surface area contributed by atoms with Crippen molar-refractivity contribution in [2.45, 2.75) is 13.0 Å². The zero-order valence-electron chi connectivity index (χ0n) is 11.3. The SMILES string of the molecule is CC(c1ccccc1F)N(C)c1ccc(C#N)c(F)c1. The van der Waals surface area contributed by atoms with Gasteiger partial charge in [0.15, 0.2) is 0 Å². The smallest absolute Gasteiger partial charge is 0.143 e. The van der Waals surface area contributed by atoms with E-state index in [0.717, 1.165) is 0 Å². The summed E-state index contributed by atoms with van der Waals surface area (Å²) in [4.78, 5) is 1.77. The van der Waals surface area contributed by atoms with E-state index < -0.39 is 5.82 Å². The van der Waals surface area contributed by atoms with Gasteiger partial charge < -0.3 is 4.90 Å². The molecule has 102 valence electrons. The Morgan fingerprint density at radius 2 is 1.80 bits per heavy atom. The second-order valence-electron chi connectivity index (χ2n) is 4.58. The fraction of sp³-hybridized carbons (Fsp3) is 0.188. The highest BCUT2D eigenvalue weighted by atomic mass is 19.1. The van der Waals surface area contributed by atoms with E-state index in [4.69, 9.17) is 5.26 Å². The van der Waals surface area contributed by atoms with Gasteiger partial charge in [0.1, 0.15) is 17.7 Å². The van der Waals surface area contributed by atoms with Gasteiger partial charge in [-0.05, 0) is 31.2 Å². The van der Waals surface area contributed by atoms with Crippen molar-refractivity contribution < 1.29 is 8.78 Å². The lowest BCUT2D eigenvalue weighted by molar-refractivity contribution is 0.584. The fourth-order valence-electron chi connectivity index (χ4n) is 2.06. The van der Waals surface area contributed by atoms with Gasteiger partial charge in [-0.25, -0.2) is 8.78 Å². The third kappa shape index (κ3) is 2.62. The van der Waals surface area contributed by atoms with Gasteiger partial charge in [0.25, 0.3) is 0 Å². The normalized spacial score (nSPS) is 11.8. The molecule has 0 aliphatic rings. The minimum atomic E-state index is -0.572. The van der Waals surface area contributed by atoms with E-state index in [0.29, 0.717) is 11.3 Å². The van der Waals surface area contributed by atoms with E-state index >= 15 is 0 Å². The van der Waals surface area contributed by atoms with Gasteiger partial charge in [-0.3, -0.25) is 0 Å². The lowest BCUT2D eigenvalue weighted by Gasteiger charge is -2.27. The Labute approximate surface area is 116 Å². The van der Waals surface area contributed by atoms with Gasteiger partial charge in [0, 0.05) is 18.3 Å². The molecule has 4 heteroatoms. The third-order valence-electron chi connectivity index (χ3n) is 3.42. The zero-order chi connectivity index (χ0) is 14.7. The molecule has 20 heavy (non-hydrogen) atoms. The standard InChI is InChI=1S/C16H14F2N2/c1-11(14-5-3-4-6-15(14)17)20(2)13-8-7-12(10-19)16(18)9-13/h3-9,11H,1-2H3. The summed E-state index contributed by atoms with van der Waals surface area (Å²) >= 11 is 0. The molecule has 0 bridgehead atoms. The molecule has 0 aliphatic heterocycles. The molecule has 0 amide bonds. The summed E-state index contributed by atoms with van der Waals surface area (Å²) in [6.07, 6.45) is 0. The summed E-state index contributed by atoms with van der Waals surface area (Å²) < 4.78 is 27.4. The number of nitrogens with zero attached hydrogens (tertiary/aromatic N) is 2. The first-order chi connectivity index (χ1) is 9.54. The van der Waals surface area contributed by atoms with Crippen LogP contribution in [0.2, 0.25) is 0 Å². The Morgan fingerprint density at radius 3 is 2.40 bits per heavy atom. The zero-order valence-corrected chi connectivity index (χ0v) is 11.3. The highest BCUT2D eigenvalue weighted by Crippen LogP contribution is 2.27. The van der Waals surface area contributed by atoms with Crippen molar-refractivity contribution in [1.82, 2.24) is 0 Å². The maximum absolute atomic E-state index is 13.8. The summed E-state index contributed by atoms with van der Waals surface area (Å²) in [5.41, 5.74) is 1.14. The number of hydrogen-bond donors (Lipinski definition) is 0. The lowest BCUT2D eigenvalue weighted by Crippen LogP contribution is -2.22. The van der Waals surface area contributed by atoms with Crippen LogP contribution in [-0.2, 0) is 0 Å². The molecule has 2 nitrogen and oxygen atoms in total. The Kier molecular flexibility index (Phi) is 3.99. The van der Waals surface area contributed by atoms with Crippen molar-refractivity contribution in [3.05, 3.63) is 65.2 Å². The van der Waals surface area contributed by atoms with Crippen LogP contribution < -0.4 is 4.90 Å². The molecule has 0 aromatic heterocycles. The molecule has 2 aromatic carbocycles. The second kappa shape index (κ2) is 5.70. The maximum atomic E-state index is 13.8. The van der Waals surface area contributed by atoms with Gasteiger partial charge in [-0.2, -0.15) is 5.26 Å². The molecule has 2 aromatic rings. The largest absolute Gasteiger partial charge is 0.368 e. The minimum absolute atomic E-state index is 0.000643. The van der Waals surface area contributed by atoms with Crippen molar-refractivity contribution in [3.63, 3.8) is 0 Å². The van der Waals surface area contributed by atoms with Crippen LogP contribution in [0.3, 0.4) is 0 Å². The molecule has 0 fully saturated rings. The molecule has 2 rings (SSSR count). The van der Waals surface area contributed by atoms with Crippen LogP contribution in [0.15, 0.2) is 42.5 Å². The molecule has 0 radical (unpaired) electrons. The van der Waals surface area contributed by atoms with Gasteiger partial charge in [0.2, 0.25) is 0 Å². The van der Waals surface area contributed by atoms with Crippen LogP contribution in [0.25, 0.3) is 0 Å². The van der Waals surface area contributed by atoms with Crippen LogP contribution in [0.1, 0.15) is 24.1 Å². The summed E-state index contributed by atoms with van der Waals surface area (Å²) in [6.45, 7) is 1.84. The van der Waals surface area contributed by atoms with Crippen molar-refractivity contribution in [3.8, 4) is 6.07 Å². The highest BCUT2D eigenvalue weighted by Gasteiger charge is 2.16. The molecule has 0 saturated carbocycles. The number of anilines is 1. The molecule has 0 spiro atoms. The lowest BCUT2D eigenvalue weighted by atomic mass is 10.1. The maximum Gasteiger partial charge on any atom is 0.143 e. The summed E-state index contributed by atoms with van der Waals surface area (Å²) in [5.74, 6) is -0.862.